The van der Waals surface area contributed by atoms with Gasteiger partial charge in [0.15, 0.2) is 6.10 Å². The van der Waals surface area contributed by atoms with Gasteiger partial charge in [-0.05, 0) is 61.6 Å². The van der Waals surface area contributed by atoms with Crippen LogP contribution in [0.4, 0.5) is 5.69 Å². The molecule has 0 saturated carbocycles. The first-order chi connectivity index (χ1) is 11.6. The number of aryl methyl sites for hydroxylation is 3. The molecule has 0 bridgehead atoms. The summed E-state index contributed by atoms with van der Waals surface area (Å²) in [5.74, 6) is -0.00973. The summed E-state index contributed by atoms with van der Waals surface area (Å²) in [4.78, 5) is 24.0. The number of rotatable bonds is 6. The van der Waals surface area contributed by atoms with Crippen molar-refractivity contribution in [3.05, 3.63) is 53.5 Å². The van der Waals surface area contributed by atoms with Crippen molar-refractivity contribution in [2.75, 3.05) is 5.32 Å². The summed E-state index contributed by atoms with van der Waals surface area (Å²) in [6, 6.07) is 9.53. The van der Waals surface area contributed by atoms with Gasteiger partial charge >= 0.3 is 5.97 Å². The first-order valence-electron chi connectivity index (χ1n) is 8.26. The van der Waals surface area contributed by atoms with Gasteiger partial charge < -0.3 is 14.5 Å². The van der Waals surface area contributed by atoms with Gasteiger partial charge in [-0.3, -0.25) is 9.59 Å². The van der Waals surface area contributed by atoms with Crippen molar-refractivity contribution in [3.63, 3.8) is 0 Å². The van der Waals surface area contributed by atoms with Gasteiger partial charge in [-0.1, -0.05) is 6.07 Å². The van der Waals surface area contributed by atoms with Crippen LogP contribution in [0.2, 0.25) is 0 Å². The van der Waals surface area contributed by atoms with Gasteiger partial charge in [0.05, 0.1) is 12.7 Å². The Labute approximate surface area is 141 Å². The fourth-order valence-corrected chi connectivity index (χ4v) is 2.88. The number of amides is 1. The van der Waals surface area contributed by atoms with E-state index in [-0.39, 0.29) is 12.3 Å². The third kappa shape index (κ3) is 4.04. The zero-order chi connectivity index (χ0) is 16.9. The van der Waals surface area contributed by atoms with E-state index in [1.165, 1.54) is 11.1 Å². The number of hydrogen-bond donors (Lipinski definition) is 1. The van der Waals surface area contributed by atoms with Gasteiger partial charge in [-0.15, -0.1) is 0 Å². The number of carbonyl (C=O) groups is 2. The lowest BCUT2D eigenvalue weighted by Gasteiger charge is -2.14. The van der Waals surface area contributed by atoms with E-state index in [1.807, 2.05) is 12.1 Å². The maximum atomic E-state index is 12.2. The molecule has 0 unspecified atom stereocenters. The molecule has 0 saturated heterocycles. The molecule has 1 amide bonds. The summed E-state index contributed by atoms with van der Waals surface area (Å²) in [6.45, 7) is 1.58. The van der Waals surface area contributed by atoms with E-state index in [2.05, 4.69) is 11.4 Å². The lowest BCUT2D eigenvalue weighted by atomic mass is 10.1. The molecular weight excluding hydrogens is 306 g/mol. The minimum atomic E-state index is -0.831. The van der Waals surface area contributed by atoms with Crippen LogP contribution in [0.1, 0.15) is 36.7 Å². The summed E-state index contributed by atoms with van der Waals surface area (Å²) in [7, 11) is 0. The Balaban J connectivity index is 1.48. The Kier molecular flexibility index (Phi) is 4.99. The summed E-state index contributed by atoms with van der Waals surface area (Å²) in [5.41, 5.74) is 3.39. The molecule has 1 aromatic carbocycles. The minimum absolute atomic E-state index is 0.185. The molecule has 0 radical (unpaired) electrons. The van der Waals surface area contributed by atoms with Gasteiger partial charge in [-0.2, -0.15) is 0 Å². The summed E-state index contributed by atoms with van der Waals surface area (Å²) in [5, 5.41) is 2.81. The second-order valence-electron chi connectivity index (χ2n) is 6.04. The van der Waals surface area contributed by atoms with Crippen LogP contribution in [-0.4, -0.2) is 18.0 Å². The molecule has 0 spiro atoms. The van der Waals surface area contributed by atoms with Crippen LogP contribution in [0.25, 0.3) is 0 Å². The van der Waals surface area contributed by atoms with Crippen molar-refractivity contribution in [1.29, 1.82) is 0 Å². The van der Waals surface area contributed by atoms with Crippen molar-refractivity contribution in [3.8, 4) is 0 Å². The van der Waals surface area contributed by atoms with E-state index >= 15 is 0 Å². The van der Waals surface area contributed by atoms with Crippen molar-refractivity contribution in [1.82, 2.24) is 0 Å². The molecule has 0 fully saturated rings. The highest BCUT2D eigenvalue weighted by Crippen LogP contribution is 2.25. The smallest absolute Gasteiger partial charge is 0.307 e. The van der Waals surface area contributed by atoms with E-state index in [0.717, 1.165) is 30.7 Å². The highest BCUT2D eigenvalue weighted by molar-refractivity contribution is 5.95. The first kappa shape index (κ1) is 16.3. The number of esters is 1. The zero-order valence-electron chi connectivity index (χ0n) is 13.7. The summed E-state index contributed by atoms with van der Waals surface area (Å²) < 4.78 is 10.3. The Morgan fingerprint density at radius 1 is 1.25 bits per heavy atom. The number of furan rings is 1. The predicted molar refractivity (Wildman–Crippen MR) is 89.7 cm³/mol. The number of ether oxygens (including phenoxy) is 1. The minimum Gasteiger partial charge on any atom is -0.469 e. The lowest BCUT2D eigenvalue weighted by molar-refractivity contribution is -0.153. The normalized spacial score (nSPS) is 14.0. The molecule has 1 heterocycles. The number of carbonyl (C=O) groups excluding carboxylic acids is 2. The molecule has 5 nitrogen and oxygen atoms in total. The van der Waals surface area contributed by atoms with Crippen molar-refractivity contribution < 1.29 is 18.7 Å². The standard InChI is InChI=1S/C19H21NO4/c1-13(24-18(21)10-9-17-6-3-11-23-17)19(22)20-16-8-7-14-4-2-5-15(14)12-16/h3,6-8,11-13H,2,4-5,9-10H2,1H3,(H,20,22)/t13-/m1/s1. The van der Waals surface area contributed by atoms with Crippen LogP contribution < -0.4 is 5.32 Å². The second-order valence-corrected chi connectivity index (χ2v) is 6.04. The van der Waals surface area contributed by atoms with Crippen molar-refractivity contribution in [2.45, 2.75) is 45.1 Å². The topological polar surface area (TPSA) is 68.5 Å². The molecule has 126 valence electrons. The molecule has 5 heteroatoms. The molecule has 3 rings (SSSR count). The third-order valence-electron chi connectivity index (χ3n) is 4.20. The number of anilines is 1. The van der Waals surface area contributed by atoms with E-state index in [1.54, 1.807) is 25.3 Å². The lowest BCUT2D eigenvalue weighted by Crippen LogP contribution is -2.30. The fraction of sp³-hybridized carbons (Fsp3) is 0.368. The quantitative estimate of drug-likeness (QED) is 0.827. The second kappa shape index (κ2) is 7.34. The monoisotopic (exact) mass is 327 g/mol. The van der Waals surface area contributed by atoms with Crippen LogP contribution in [0.15, 0.2) is 41.0 Å². The Morgan fingerprint density at radius 3 is 2.88 bits per heavy atom. The maximum Gasteiger partial charge on any atom is 0.307 e. The van der Waals surface area contributed by atoms with E-state index in [9.17, 15) is 9.59 Å². The van der Waals surface area contributed by atoms with Gasteiger partial charge in [0.1, 0.15) is 5.76 Å². The fourth-order valence-electron chi connectivity index (χ4n) is 2.88. The van der Waals surface area contributed by atoms with Crippen molar-refractivity contribution >= 4 is 17.6 Å². The van der Waals surface area contributed by atoms with Crippen LogP contribution >= 0.6 is 0 Å². The van der Waals surface area contributed by atoms with E-state index < -0.39 is 12.1 Å². The maximum absolute atomic E-state index is 12.2. The highest BCUT2D eigenvalue weighted by Gasteiger charge is 2.19. The molecule has 1 aliphatic carbocycles. The number of nitrogens with one attached hydrogen (secondary N) is 1. The van der Waals surface area contributed by atoms with E-state index in [0.29, 0.717) is 6.42 Å². The summed E-state index contributed by atoms with van der Waals surface area (Å²) in [6.07, 6.45) is 4.70. The average molecular weight is 327 g/mol. The third-order valence-corrected chi connectivity index (χ3v) is 4.20. The number of benzene rings is 1. The molecule has 2 aromatic rings. The molecule has 1 atom stereocenters. The number of hydrogen-bond acceptors (Lipinski definition) is 4. The average Bonchev–Trinajstić information content (AvgIpc) is 3.23. The van der Waals surface area contributed by atoms with Gasteiger partial charge in [0.25, 0.3) is 5.91 Å². The van der Waals surface area contributed by atoms with Gasteiger partial charge in [-0.25, -0.2) is 0 Å². The number of fused-ring (bicyclic) bond motifs is 1. The first-order valence-corrected chi connectivity index (χ1v) is 8.26. The molecule has 24 heavy (non-hydrogen) atoms. The Bertz CT molecular complexity index is 721. The van der Waals surface area contributed by atoms with Crippen LogP contribution in [0.3, 0.4) is 0 Å². The predicted octanol–water partition coefficient (Wildman–Crippen LogP) is 3.27. The van der Waals surface area contributed by atoms with Crippen LogP contribution in [-0.2, 0) is 33.6 Å². The molecule has 1 aromatic heterocycles. The SMILES string of the molecule is C[C@@H](OC(=O)CCc1ccco1)C(=O)Nc1ccc2c(c1)CCC2. The van der Waals surface area contributed by atoms with Crippen LogP contribution in [0.5, 0.6) is 0 Å². The van der Waals surface area contributed by atoms with Gasteiger partial charge in [0, 0.05) is 12.1 Å². The Morgan fingerprint density at radius 2 is 2.08 bits per heavy atom. The molecular formula is C19H21NO4. The molecule has 1 aliphatic rings. The summed E-state index contributed by atoms with van der Waals surface area (Å²) >= 11 is 0. The largest absolute Gasteiger partial charge is 0.469 e. The Hall–Kier alpha value is -2.56. The molecule has 1 N–H and O–H groups in total. The zero-order valence-corrected chi connectivity index (χ0v) is 13.7. The van der Waals surface area contributed by atoms with Gasteiger partial charge in [0.2, 0.25) is 0 Å². The highest BCUT2D eigenvalue weighted by atomic mass is 16.5. The molecule has 0 aliphatic heterocycles. The van der Waals surface area contributed by atoms with Crippen molar-refractivity contribution in [2.24, 2.45) is 0 Å². The van der Waals surface area contributed by atoms with Crippen LogP contribution in [0, 0.1) is 0 Å². The van der Waals surface area contributed by atoms with E-state index in [4.69, 9.17) is 9.15 Å².